The smallest absolute Gasteiger partial charge is 0.329 e. The number of ether oxygens (including phenoxy) is 2. The molecule has 0 aliphatic carbocycles. The van der Waals surface area contributed by atoms with Gasteiger partial charge in [0, 0.05) is 11.3 Å². The second kappa shape index (κ2) is 11.8. The van der Waals surface area contributed by atoms with Gasteiger partial charge in [-0.2, -0.15) is 5.10 Å². The lowest BCUT2D eigenvalue weighted by atomic mass is 10.2. The number of benzene rings is 3. The van der Waals surface area contributed by atoms with Gasteiger partial charge in [0.25, 0.3) is 5.91 Å². The number of hydrogen-bond donors (Lipinski definition) is 3. The van der Waals surface area contributed by atoms with E-state index in [1.54, 1.807) is 54.6 Å². The molecule has 9 heteroatoms. The molecule has 0 radical (unpaired) electrons. The predicted octanol–water partition coefficient (Wildman–Crippen LogP) is 3.11. The molecule has 3 amide bonds. The first-order valence-electron chi connectivity index (χ1n) is 10.3. The average molecular weight is 460 g/mol. The highest BCUT2D eigenvalue weighted by Gasteiger charge is 2.15. The van der Waals surface area contributed by atoms with E-state index >= 15 is 0 Å². The van der Waals surface area contributed by atoms with Crippen LogP contribution in [0.1, 0.15) is 11.1 Å². The quantitative estimate of drug-likeness (QED) is 0.271. The zero-order valence-electron chi connectivity index (χ0n) is 18.7. The second-order valence-corrected chi connectivity index (χ2v) is 7.04. The number of nitrogens with zero attached hydrogens (tertiary/aromatic N) is 1. The van der Waals surface area contributed by atoms with Gasteiger partial charge in [0.05, 0.1) is 19.0 Å². The SMILES string of the molecule is COc1ccccc1NC(=O)C(=O)N/N=C\c1ccccc1OCC(=O)Nc1ccccc1C. The van der Waals surface area contributed by atoms with E-state index in [9.17, 15) is 14.4 Å². The molecule has 3 aromatic rings. The van der Waals surface area contributed by atoms with E-state index < -0.39 is 11.8 Å². The van der Waals surface area contributed by atoms with Crippen molar-refractivity contribution in [2.75, 3.05) is 24.4 Å². The van der Waals surface area contributed by atoms with Crippen molar-refractivity contribution in [1.82, 2.24) is 5.43 Å². The van der Waals surface area contributed by atoms with Crippen LogP contribution in [-0.2, 0) is 14.4 Å². The molecule has 3 N–H and O–H groups in total. The first-order valence-corrected chi connectivity index (χ1v) is 10.3. The summed E-state index contributed by atoms with van der Waals surface area (Å²) in [7, 11) is 1.46. The van der Waals surface area contributed by atoms with Crippen LogP contribution in [0.4, 0.5) is 11.4 Å². The van der Waals surface area contributed by atoms with Crippen LogP contribution in [0.2, 0.25) is 0 Å². The monoisotopic (exact) mass is 460 g/mol. The summed E-state index contributed by atoms with van der Waals surface area (Å²) in [6.07, 6.45) is 1.32. The largest absolute Gasteiger partial charge is 0.495 e. The third-order valence-corrected chi connectivity index (χ3v) is 4.63. The van der Waals surface area contributed by atoms with E-state index in [-0.39, 0.29) is 12.5 Å². The summed E-state index contributed by atoms with van der Waals surface area (Å²) in [6.45, 7) is 1.68. The molecule has 0 bridgehead atoms. The Morgan fingerprint density at radius 1 is 0.824 bits per heavy atom. The van der Waals surface area contributed by atoms with Crippen LogP contribution in [0.5, 0.6) is 11.5 Å². The Labute approximate surface area is 196 Å². The highest BCUT2D eigenvalue weighted by Crippen LogP contribution is 2.22. The third-order valence-electron chi connectivity index (χ3n) is 4.63. The first kappa shape index (κ1) is 24.0. The Kier molecular flexibility index (Phi) is 8.34. The summed E-state index contributed by atoms with van der Waals surface area (Å²) >= 11 is 0. The molecule has 0 unspecified atom stereocenters. The van der Waals surface area contributed by atoms with Crippen LogP contribution in [0.25, 0.3) is 0 Å². The van der Waals surface area contributed by atoms with Gasteiger partial charge in [0.1, 0.15) is 11.5 Å². The van der Waals surface area contributed by atoms with Gasteiger partial charge in [0.15, 0.2) is 6.61 Å². The highest BCUT2D eigenvalue weighted by molar-refractivity contribution is 6.39. The van der Waals surface area contributed by atoms with Crippen molar-refractivity contribution in [3.8, 4) is 11.5 Å². The van der Waals surface area contributed by atoms with Gasteiger partial charge < -0.3 is 20.1 Å². The number of hydrazone groups is 1. The minimum Gasteiger partial charge on any atom is -0.495 e. The average Bonchev–Trinajstić information content (AvgIpc) is 2.85. The van der Waals surface area contributed by atoms with Crippen molar-refractivity contribution in [2.24, 2.45) is 5.10 Å². The van der Waals surface area contributed by atoms with Crippen LogP contribution < -0.4 is 25.5 Å². The zero-order chi connectivity index (χ0) is 24.3. The lowest BCUT2D eigenvalue weighted by molar-refractivity contribution is -0.136. The molecule has 0 fully saturated rings. The molecule has 0 aliphatic rings. The van der Waals surface area contributed by atoms with Crippen molar-refractivity contribution in [2.45, 2.75) is 6.92 Å². The fourth-order valence-corrected chi connectivity index (χ4v) is 2.90. The van der Waals surface area contributed by atoms with Gasteiger partial charge in [0.2, 0.25) is 0 Å². The second-order valence-electron chi connectivity index (χ2n) is 7.04. The molecule has 0 spiro atoms. The minimum atomic E-state index is -0.960. The molecule has 0 heterocycles. The van der Waals surface area contributed by atoms with E-state index in [0.717, 1.165) is 5.56 Å². The highest BCUT2D eigenvalue weighted by atomic mass is 16.5. The van der Waals surface area contributed by atoms with Gasteiger partial charge in [-0.25, -0.2) is 5.43 Å². The molecule has 174 valence electrons. The molecule has 0 aliphatic heterocycles. The molecule has 0 atom stereocenters. The van der Waals surface area contributed by atoms with Crippen molar-refractivity contribution >= 4 is 35.3 Å². The van der Waals surface area contributed by atoms with Crippen molar-refractivity contribution in [1.29, 1.82) is 0 Å². The van der Waals surface area contributed by atoms with E-state index in [4.69, 9.17) is 9.47 Å². The van der Waals surface area contributed by atoms with Crippen LogP contribution in [0, 0.1) is 6.92 Å². The fourth-order valence-electron chi connectivity index (χ4n) is 2.90. The van der Waals surface area contributed by atoms with Crippen LogP contribution in [-0.4, -0.2) is 37.7 Å². The summed E-state index contributed by atoms with van der Waals surface area (Å²) in [5, 5.41) is 9.07. The maximum Gasteiger partial charge on any atom is 0.329 e. The normalized spacial score (nSPS) is 10.4. The topological polar surface area (TPSA) is 118 Å². The Morgan fingerprint density at radius 2 is 1.47 bits per heavy atom. The third kappa shape index (κ3) is 6.67. The number of anilines is 2. The van der Waals surface area contributed by atoms with E-state index in [2.05, 4.69) is 21.2 Å². The number of amides is 3. The van der Waals surface area contributed by atoms with Gasteiger partial charge in [-0.05, 0) is 42.8 Å². The van der Waals surface area contributed by atoms with Crippen molar-refractivity contribution in [3.05, 3.63) is 83.9 Å². The molecule has 3 aromatic carbocycles. The molecule has 9 nitrogen and oxygen atoms in total. The molecule has 0 saturated heterocycles. The number of carbonyl (C=O) groups excluding carboxylic acids is 3. The molecular weight excluding hydrogens is 436 g/mol. The van der Waals surface area contributed by atoms with Crippen LogP contribution >= 0.6 is 0 Å². The number of hydrogen-bond acceptors (Lipinski definition) is 6. The summed E-state index contributed by atoms with van der Waals surface area (Å²) in [6, 6.07) is 21.0. The van der Waals surface area contributed by atoms with Crippen molar-refractivity contribution < 1.29 is 23.9 Å². The van der Waals surface area contributed by atoms with E-state index in [0.29, 0.717) is 28.4 Å². The first-order chi connectivity index (χ1) is 16.5. The number of carbonyl (C=O) groups is 3. The molecule has 0 saturated carbocycles. The number of nitrogens with one attached hydrogen (secondary N) is 3. The minimum absolute atomic E-state index is 0.215. The molecule has 3 rings (SSSR count). The fraction of sp³-hybridized carbons (Fsp3) is 0.120. The van der Waals surface area contributed by atoms with E-state index in [1.165, 1.54) is 13.3 Å². The maximum atomic E-state index is 12.2. The Bertz CT molecular complexity index is 1210. The van der Waals surface area contributed by atoms with Crippen molar-refractivity contribution in [3.63, 3.8) is 0 Å². The number of aryl methyl sites for hydroxylation is 1. The van der Waals surface area contributed by atoms with Gasteiger partial charge in [-0.15, -0.1) is 0 Å². The number of para-hydroxylation sites is 4. The Morgan fingerprint density at radius 3 is 2.21 bits per heavy atom. The summed E-state index contributed by atoms with van der Waals surface area (Å²) in [5.74, 6) is -1.37. The number of methoxy groups -OCH3 is 1. The molecular formula is C25H24N4O5. The lowest BCUT2D eigenvalue weighted by Crippen LogP contribution is -2.32. The summed E-state index contributed by atoms with van der Waals surface area (Å²) in [4.78, 5) is 36.4. The molecule has 0 aromatic heterocycles. The number of rotatable bonds is 8. The maximum absolute atomic E-state index is 12.2. The summed E-state index contributed by atoms with van der Waals surface area (Å²) < 4.78 is 10.7. The van der Waals surface area contributed by atoms with Crippen LogP contribution in [0.15, 0.2) is 77.9 Å². The Hall–Kier alpha value is -4.66. The van der Waals surface area contributed by atoms with Gasteiger partial charge in [-0.3, -0.25) is 14.4 Å². The lowest BCUT2D eigenvalue weighted by Gasteiger charge is -2.11. The Balaban J connectivity index is 1.55. The van der Waals surface area contributed by atoms with Gasteiger partial charge in [-0.1, -0.05) is 42.5 Å². The van der Waals surface area contributed by atoms with Gasteiger partial charge >= 0.3 is 11.8 Å². The summed E-state index contributed by atoms with van der Waals surface area (Å²) in [5.41, 5.74) is 4.68. The zero-order valence-corrected chi connectivity index (χ0v) is 18.7. The predicted molar refractivity (Wildman–Crippen MR) is 129 cm³/mol. The van der Waals surface area contributed by atoms with E-state index in [1.807, 2.05) is 25.1 Å². The standard InChI is InChI=1S/C25H24N4O5/c1-17-9-3-5-11-19(17)27-23(30)16-34-21-13-7-4-10-18(21)15-26-29-25(32)24(31)28-20-12-6-8-14-22(20)33-2/h3-15H,16H2,1-2H3,(H,27,30)(H,28,31)(H,29,32)/b26-15-. The van der Waals surface area contributed by atoms with Crippen LogP contribution in [0.3, 0.4) is 0 Å². The molecule has 34 heavy (non-hydrogen) atoms.